The third-order valence-electron chi connectivity index (χ3n) is 8.27. The van der Waals surface area contributed by atoms with Gasteiger partial charge in [-0.15, -0.1) is 0 Å². The van der Waals surface area contributed by atoms with Crippen molar-refractivity contribution in [3.63, 3.8) is 0 Å². The summed E-state index contributed by atoms with van der Waals surface area (Å²) in [7, 11) is -3.73. The Bertz CT molecular complexity index is 559. The zero-order valence-corrected chi connectivity index (χ0v) is 25.1. The molecule has 0 aromatic carbocycles. The first kappa shape index (κ1) is 28.9. The predicted molar refractivity (Wildman–Crippen MR) is 144 cm³/mol. The smallest absolute Gasteiger partial charge is 0.200 e. The molecule has 0 heterocycles. The van der Waals surface area contributed by atoms with Gasteiger partial charge in [-0.1, -0.05) is 107 Å². The number of hydrogen-bond donors (Lipinski definition) is 0. The Morgan fingerprint density at radius 2 is 1.00 bits per heavy atom. The van der Waals surface area contributed by atoms with Crippen molar-refractivity contribution in [3.8, 4) is 0 Å². The molecule has 0 unspecified atom stereocenters. The maximum absolute atomic E-state index is 7.05. The molecule has 0 spiro atoms. The van der Waals surface area contributed by atoms with Crippen molar-refractivity contribution in [1.82, 2.24) is 0 Å². The van der Waals surface area contributed by atoms with Crippen LogP contribution in [0.2, 0.25) is 33.2 Å². The molecule has 0 aromatic heterocycles. The lowest BCUT2D eigenvalue weighted by Gasteiger charge is -2.45. The Balaban J connectivity index is 3.10. The lowest BCUT2D eigenvalue weighted by atomic mass is 9.84. The van der Waals surface area contributed by atoms with Crippen molar-refractivity contribution < 1.29 is 8.85 Å². The van der Waals surface area contributed by atoms with Crippen LogP contribution in [0.3, 0.4) is 0 Å². The monoisotopic (exact) mass is 466 g/mol. The van der Waals surface area contributed by atoms with E-state index in [2.05, 4.69) is 108 Å². The van der Waals surface area contributed by atoms with Gasteiger partial charge in [0, 0.05) is 25.0 Å². The molecule has 1 rings (SSSR count). The van der Waals surface area contributed by atoms with Crippen LogP contribution in [0.4, 0.5) is 0 Å². The molecule has 1 aliphatic carbocycles. The lowest BCUT2D eigenvalue weighted by Crippen LogP contribution is -2.50. The molecule has 0 bridgehead atoms. The van der Waals surface area contributed by atoms with Crippen LogP contribution in [-0.2, 0) is 8.85 Å². The van der Waals surface area contributed by atoms with Gasteiger partial charge in [0.1, 0.15) is 0 Å². The first-order valence-corrected chi connectivity index (χ1v) is 17.2. The van der Waals surface area contributed by atoms with E-state index >= 15 is 0 Å². The third-order valence-corrected chi connectivity index (χ3v) is 20.4. The Hall–Kier alpha value is -0.166. The Morgan fingerprint density at radius 3 is 1.35 bits per heavy atom. The van der Waals surface area contributed by atoms with Crippen LogP contribution < -0.4 is 0 Å². The van der Waals surface area contributed by atoms with Crippen molar-refractivity contribution in [2.24, 2.45) is 11.8 Å². The molecule has 0 saturated carbocycles. The second-order valence-electron chi connectivity index (χ2n) is 11.8. The average Bonchev–Trinajstić information content (AvgIpc) is 2.62. The molecule has 0 radical (unpaired) electrons. The minimum absolute atomic E-state index is 0.409. The molecule has 4 heteroatoms. The second kappa shape index (κ2) is 11.8. The number of rotatable bonds is 12. The average molecular weight is 467 g/mol. The van der Waals surface area contributed by atoms with E-state index in [-0.39, 0.29) is 0 Å². The van der Waals surface area contributed by atoms with Crippen LogP contribution in [0.5, 0.6) is 0 Å². The standard InChI is InChI=1S/C27H54O2Si2/c1-19(2)30(20(3)4,21(5)6)28-17-26-16-14-15-25(13)27(26)18-29-31(22(7)8,23(9)10)24(11)12/h14-16,19-24,26-27H,17-18H2,1-13H3/t26-,27-/m0/s1. The van der Waals surface area contributed by atoms with E-state index in [4.69, 9.17) is 8.85 Å². The van der Waals surface area contributed by atoms with E-state index in [1.165, 1.54) is 5.57 Å². The van der Waals surface area contributed by atoms with E-state index in [0.717, 1.165) is 13.2 Å². The van der Waals surface area contributed by atoms with Crippen molar-refractivity contribution in [2.75, 3.05) is 13.2 Å². The minimum Gasteiger partial charge on any atom is -0.415 e. The molecule has 0 saturated heterocycles. The number of allylic oxidation sites excluding steroid dienone is 2. The van der Waals surface area contributed by atoms with Gasteiger partial charge in [0.25, 0.3) is 0 Å². The first-order valence-electron chi connectivity index (χ1n) is 12.9. The van der Waals surface area contributed by atoms with Crippen LogP contribution in [0.25, 0.3) is 0 Å². The third kappa shape index (κ3) is 6.05. The summed E-state index contributed by atoms with van der Waals surface area (Å²) in [4.78, 5) is 0. The Labute approximate surface area is 197 Å². The van der Waals surface area contributed by atoms with Gasteiger partial charge in [0.15, 0.2) is 16.6 Å². The SMILES string of the molecule is CC1=CC=C[C@@H](CO[Si](C(C)C)(C(C)C)C(C)C)[C@H]1CO[Si](C(C)C)(C(C)C)C(C)C. The van der Waals surface area contributed by atoms with Crippen LogP contribution in [0.1, 0.15) is 90.0 Å². The van der Waals surface area contributed by atoms with E-state index < -0.39 is 16.6 Å². The molecule has 31 heavy (non-hydrogen) atoms. The molecule has 0 fully saturated rings. The van der Waals surface area contributed by atoms with Gasteiger partial charge >= 0.3 is 0 Å². The zero-order valence-electron chi connectivity index (χ0n) is 23.1. The van der Waals surface area contributed by atoms with Crippen LogP contribution in [-0.4, -0.2) is 29.8 Å². The van der Waals surface area contributed by atoms with Gasteiger partial charge in [-0.2, -0.15) is 0 Å². The van der Waals surface area contributed by atoms with E-state index in [0.29, 0.717) is 45.1 Å². The molecule has 0 amide bonds. The fourth-order valence-electron chi connectivity index (χ4n) is 6.85. The van der Waals surface area contributed by atoms with Gasteiger partial charge < -0.3 is 8.85 Å². The highest BCUT2D eigenvalue weighted by Crippen LogP contribution is 2.45. The van der Waals surface area contributed by atoms with Gasteiger partial charge in [-0.25, -0.2) is 0 Å². The molecule has 0 N–H and O–H groups in total. The molecule has 2 atom stereocenters. The summed E-state index contributed by atoms with van der Waals surface area (Å²) >= 11 is 0. The fraction of sp³-hybridized carbons (Fsp3) is 0.852. The van der Waals surface area contributed by atoms with E-state index in [9.17, 15) is 0 Å². The highest BCUT2D eigenvalue weighted by atomic mass is 28.4. The van der Waals surface area contributed by atoms with E-state index in [1.807, 2.05) is 0 Å². The number of hydrogen-bond acceptors (Lipinski definition) is 2. The molecule has 0 aromatic rings. The van der Waals surface area contributed by atoms with Crippen molar-refractivity contribution in [1.29, 1.82) is 0 Å². The summed E-state index contributed by atoms with van der Waals surface area (Å²) < 4.78 is 14.1. The van der Waals surface area contributed by atoms with Crippen LogP contribution in [0.15, 0.2) is 23.8 Å². The first-order chi connectivity index (χ1) is 14.2. The van der Waals surface area contributed by atoms with Crippen molar-refractivity contribution >= 4 is 16.6 Å². The molecule has 2 nitrogen and oxygen atoms in total. The molecular formula is C27H54O2Si2. The fourth-order valence-corrected chi connectivity index (χ4v) is 17.8. The molecular weight excluding hydrogens is 412 g/mol. The predicted octanol–water partition coefficient (Wildman–Crippen LogP) is 9.12. The summed E-state index contributed by atoms with van der Waals surface area (Å²) in [5.74, 6) is 0.831. The van der Waals surface area contributed by atoms with Crippen molar-refractivity contribution in [3.05, 3.63) is 23.8 Å². The summed E-state index contributed by atoms with van der Waals surface area (Å²) in [5.41, 5.74) is 5.16. The zero-order chi connectivity index (χ0) is 24.1. The minimum atomic E-state index is -1.87. The molecule has 1 aliphatic rings. The largest absolute Gasteiger partial charge is 0.415 e. The Morgan fingerprint density at radius 1 is 0.645 bits per heavy atom. The lowest BCUT2D eigenvalue weighted by molar-refractivity contribution is 0.162. The second-order valence-corrected chi connectivity index (χ2v) is 22.7. The normalized spacial score (nSPS) is 20.8. The van der Waals surface area contributed by atoms with Crippen molar-refractivity contribution in [2.45, 2.75) is 123 Å². The Kier molecular flexibility index (Phi) is 11.0. The van der Waals surface area contributed by atoms with E-state index in [1.54, 1.807) is 0 Å². The molecule has 0 aliphatic heterocycles. The summed E-state index contributed by atoms with van der Waals surface area (Å²) in [5, 5.41) is 0. The topological polar surface area (TPSA) is 18.5 Å². The molecule has 182 valence electrons. The maximum Gasteiger partial charge on any atom is 0.200 e. The maximum atomic E-state index is 7.05. The highest BCUT2D eigenvalue weighted by Gasteiger charge is 2.47. The highest BCUT2D eigenvalue weighted by molar-refractivity contribution is 6.78. The van der Waals surface area contributed by atoms with Gasteiger partial charge in [-0.3, -0.25) is 0 Å². The van der Waals surface area contributed by atoms with Gasteiger partial charge in [0.05, 0.1) is 0 Å². The van der Waals surface area contributed by atoms with Gasteiger partial charge in [0.2, 0.25) is 0 Å². The summed E-state index contributed by atoms with van der Waals surface area (Å²) in [6.45, 7) is 32.5. The van der Waals surface area contributed by atoms with Gasteiger partial charge in [-0.05, 0) is 40.2 Å². The van der Waals surface area contributed by atoms with Crippen LogP contribution in [0, 0.1) is 11.8 Å². The summed E-state index contributed by atoms with van der Waals surface area (Å²) in [6.07, 6.45) is 6.90. The summed E-state index contributed by atoms with van der Waals surface area (Å²) in [6, 6.07) is 0. The quantitative estimate of drug-likeness (QED) is 0.267. The van der Waals surface area contributed by atoms with Crippen LogP contribution >= 0.6 is 0 Å².